The fourth-order valence-corrected chi connectivity index (χ4v) is 7.01. The largest absolute Gasteiger partial charge is 0.393 e. The molecule has 0 heterocycles. The van der Waals surface area contributed by atoms with Crippen LogP contribution in [0, 0.1) is 35.0 Å². The lowest BCUT2D eigenvalue weighted by Crippen LogP contribution is -2.47. The quantitative estimate of drug-likeness (QED) is 0.791. The summed E-state index contributed by atoms with van der Waals surface area (Å²) in [6.07, 6.45) is 11.3. The average Bonchev–Trinajstić information content (AvgIpc) is 2.84. The van der Waals surface area contributed by atoms with Crippen LogP contribution in [0.1, 0.15) is 65.2 Å². The highest BCUT2D eigenvalue weighted by Crippen LogP contribution is 2.64. The molecule has 4 aliphatic rings. The molecule has 2 heteroatoms. The number of aliphatic hydroxyl groups is 1. The zero-order chi connectivity index (χ0) is 15.5. The Kier molecular flexibility index (Phi) is 3.52. The van der Waals surface area contributed by atoms with Gasteiger partial charge in [0.25, 0.3) is 0 Å². The molecule has 1 N–H and O–H groups in total. The van der Waals surface area contributed by atoms with Gasteiger partial charge < -0.3 is 5.11 Å². The van der Waals surface area contributed by atoms with Crippen LogP contribution in [-0.4, -0.2) is 17.0 Å². The van der Waals surface area contributed by atoms with Crippen LogP contribution in [0.3, 0.4) is 0 Å². The molecule has 0 aromatic rings. The topological polar surface area (TPSA) is 37.3 Å². The first kappa shape index (κ1) is 14.9. The lowest BCUT2D eigenvalue weighted by Gasteiger charge is -2.54. The van der Waals surface area contributed by atoms with Crippen LogP contribution in [0.4, 0.5) is 0 Å². The maximum absolute atomic E-state index is 11.7. The molecular weight excluding hydrogens is 272 g/mol. The third kappa shape index (κ3) is 2.06. The number of fused-ring (bicyclic) bond motifs is 5. The highest BCUT2D eigenvalue weighted by atomic mass is 16.3. The number of carbonyl (C=O) groups is 1. The molecular formula is C20H30O2. The minimum atomic E-state index is -0.155. The van der Waals surface area contributed by atoms with Crippen LogP contribution in [0.15, 0.2) is 11.6 Å². The summed E-state index contributed by atoms with van der Waals surface area (Å²) >= 11 is 0. The summed E-state index contributed by atoms with van der Waals surface area (Å²) in [7, 11) is 0. The number of hydrogen-bond acceptors (Lipinski definition) is 2. The SMILES string of the molecule is C[C@H](O)[C@H]1CC[C@@H]2[C@@H]3CCC4=CC(=O)CC[C@@H]4[C@H]3CC[C@@]21C. The van der Waals surface area contributed by atoms with Gasteiger partial charge in [-0.05, 0) is 93.0 Å². The molecule has 0 radical (unpaired) electrons. The molecule has 7 atom stereocenters. The normalized spacial score (nSPS) is 49.0. The van der Waals surface area contributed by atoms with Crippen LogP contribution >= 0.6 is 0 Å². The molecule has 2 nitrogen and oxygen atoms in total. The summed E-state index contributed by atoms with van der Waals surface area (Å²) in [6.45, 7) is 4.47. The standard InChI is InChI=1S/C20H30O2/c1-12(21)18-7-8-19-17-5-3-13-11-14(22)4-6-15(13)16(17)9-10-20(18,19)2/h11-12,15-19,21H,3-10H2,1-2H3/t12-,15-,16+,17+,18+,19+,20+/m0/s1. The van der Waals surface area contributed by atoms with Crippen molar-refractivity contribution in [2.24, 2.45) is 35.0 Å². The van der Waals surface area contributed by atoms with E-state index < -0.39 is 0 Å². The van der Waals surface area contributed by atoms with Gasteiger partial charge in [-0.25, -0.2) is 0 Å². The summed E-state index contributed by atoms with van der Waals surface area (Å²) < 4.78 is 0. The van der Waals surface area contributed by atoms with E-state index in [1.54, 1.807) is 0 Å². The van der Waals surface area contributed by atoms with E-state index in [2.05, 4.69) is 6.92 Å². The van der Waals surface area contributed by atoms with Crippen LogP contribution in [0.5, 0.6) is 0 Å². The molecule has 122 valence electrons. The molecule has 0 aliphatic heterocycles. The lowest BCUT2D eigenvalue weighted by molar-refractivity contribution is -0.116. The molecule has 4 aliphatic carbocycles. The predicted octanol–water partition coefficient (Wildman–Crippen LogP) is 4.13. The van der Waals surface area contributed by atoms with Crippen molar-refractivity contribution < 1.29 is 9.90 Å². The van der Waals surface area contributed by atoms with Gasteiger partial charge in [0.05, 0.1) is 6.10 Å². The van der Waals surface area contributed by atoms with Gasteiger partial charge in [0.15, 0.2) is 5.78 Å². The Balaban J connectivity index is 1.61. The van der Waals surface area contributed by atoms with E-state index in [0.29, 0.717) is 23.0 Å². The van der Waals surface area contributed by atoms with E-state index in [-0.39, 0.29) is 6.10 Å². The summed E-state index contributed by atoms with van der Waals surface area (Å²) in [5.41, 5.74) is 1.84. The summed E-state index contributed by atoms with van der Waals surface area (Å²) in [6, 6.07) is 0. The van der Waals surface area contributed by atoms with E-state index in [4.69, 9.17) is 0 Å². The monoisotopic (exact) mass is 302 g/mol. The second-order valence-electron chi connectivity index (χ2n) is 8.77. The molecule has 3 saturated carbocycles. The van der Waals surface area contributed by atoms with E-state index in [9.17, 15) is 9.90 Å². The van der Waals surface area contributed by atoms with Gasteiger partial charge in [0, 0.05) is 6.42 Å². The Labute approximate surface area is 134 Å². The van der Waals surface area contributed by atoms with Gasteiger partial charge in [0.1, 0.15) is 0 Å². The summed E-state index contributed by atoms with van der Waals surface area (Å²) in [5.74, 6) is 4.04. The third-order valence-corrected chi connectivity index (χ3v) is 7.96. The number of carbonyl (C=O) groups excluding carboxylic acids is 1. The zero-order valence-electron chi connectivity index (χ0n) is 14.1. The van der Waals surface area contributed by atoms with Crippen molar-refractivity contribution in [2.45, 2.75) is 71.3 Å². The molecule has 0 bridgehead atoms. The van der Waals surface area contributed by atoms with Gasteiger partial charge in [-0.15, -0.1) is 0 Å². The fourth-order valence-electron chi connectivity index (χ4n) is 7.01. The van der Waals surface area contributed by atoms with Crippen LogP contribution in [0.25, 0.3) is 0 Å². The second kappa shape index (κ2) is 5.19. The zero-order valence-corrected chi connectivity index (χ0v) is 14.1. The van der Waals surface area contributed by atoms with Crippen LogP contribution in [0.2, 0.25) is 0 Å². The Bertz CT molecular complexity index is 506. The Hall–Kier alpha value is -0.630. The predicted molar refractivity (Wildman–Crippen MR) is 87.3 cm³/mol. The van der Waals surface area contributed by atoms with E-state index in [0.717, 1.165) is 37.0 Å². The van der Waals surface area contributed by atoms with Crippen molar-refractivity contribution in [1.82, 2.24) is 0 Å². The van der Waals surface area contributed by atoms with Crippen molar-refractivity contribution in [1.29, 1.82) is 0 Å². The van der Waals surface area contributed by atoms with Crippen LogP contribution < -0.4 is 0 Å². The fraction of sp³-hybridized carbons (Fsp3) is 0.850. The molecule has 3 fully saturated rings. The number of ketones is 1. The van der Waals surface area contributed by atoms with Crippen LogP contribution in [-0.2, 0) is 4.79 Å². The molecule has 4 rings (SSSR count). The van der Waals surface area contributed by atoms with Gasteiger partial charge in [-0.1, -0.05) is 12.5 Å². The Morgan fingerprint density at radius 3 is 2.73 bits per heavy atom. The van der Waals surface area contributed by atoms with Crippen molar-refractivity contribution >= 4 is 5.78 Å². The maximum Gasteiger partial charge on any atom is 0.155 e. The van der Waals surface area contributed by atoms with Crippen molar-refractivity contribution in [3.63, 3.8) is 0 Å². The first-order valence-corrected chi connectivity index (χ1v) is 9.42. The minimum Gasteiger partial charge on any atom is -0.393 e. The number of aliphatic hydroxyl groups excluding tert-OH is 1. The molecule has 0 spiro atoms. The second-order valence-corrected chi connectivity index (χ2v) is 8.77. The van der Waals surface area contributed by atoms with Crippen molar-refractivity contribution in [2.75, 3.05) is 0 Å². The first-order valence-electron chi connectivity index (χ1n) is 9.42. The third-order valence-electron chi connectivity index (χ3n) is 7.96. The van der Waals surface area contributed by atoms with E-state index >= 15 is 0 Å². The van der Waals surface area contributed by atoms with Gasteiger partial charge >= 0.3 is 0 Å². The number of allylic oxidation sites excluding steroid dienone is 1. The first-order chi connectivity index (χ1) is 10.5. The lowest BCUT2D eigenvalue weighted by atomic mass is 9.51. The van der Waals surface area contributed by atoms with E-state index in [1.807, 2.05) is 13.0 Å². The smallest absolute Gasteiger partial charge is 0.155 e. The Morgan fingerprint density at radius 2 is 1.95 bits per heavy atom. The molecule has 0 saturated heterocycles. The van der Waals surface area contributed by atoms with Gasteiger partial charge in [0.2, 0.25) is 0 Å². The van der Waals surface area contributed by atoms with Crippen molar-refractivity contribution in [3.05, 3.63) is 11.6 Å². The molecule has 0 aromatic heterocycles. The number of hydrogen-bond donors (Lipinski definition) is 1. The summed E-state index contributed by atoms with van der Waals surface area (Å²) in [4.78, 5) is 11.7. The van der Waals surface area contributed by atoms with Gasteiger partial charge in [-0.3, -0.25) is 4.79 Å². The highest BCUT2D eigenvalue weighted by Gasteiger charge is 2.56. The van der Waals surface area contributed by atoms with Crippen molar-refractivity contribution in [3.8, 4) is 0 Å². The molecule has 22 heavy (non-hydrogen) atoms. The average molecular weight is 302 g/mol. The molecule has 0 unspecified atom stereocenters. The van der Waals surface area contributed by atoms with E-state index in [1.165, 1.54) is 37.7 Å². The molecule has 0 aromatic carbocycles. The summed E-state index contributed by atoms with van der Waals surface area (Å²) in [5, 5.41) is 10.2. The maximum atomic E-state index is 11.7. The number of rotatable bonds is 1. The molecule has 0 amide bonds. The Morgan fingerprint density at radius 1 is 1.14 bits per heavy atom. The highest BCUT2D eigenvalue weighted by molar-refractivity contribution is 5.91. The minimum absolute atomic E-state index is 0.155. The van der Waals surface area contributed by atoms with Gasteiger partial charge in [-0.2, -0.15) is 0 Å².